The lowest BCUT2D eigenvalue weighted by Gasteiger charge is -2.08. The molecule has 5 heteroatoms. The van der Waals surface area contributed by atoms with E-state index in [-0.39, 0.29) is 18.1 Å². The summed E-state index contributed by atoms with van der Waals surface area (Å²) in [7, 11) is 0. The zero-order valence-electron chi connectivity index (χ0n) is 16.2. The predicted octanol–water partition coefficient (Wildman–Crippen LogP) is 5.46. The Morgan fingerprint density at radius 3 is 2.39 bits per heavy atom. The van der Waals surface area contributed by atoms with Crippen LogP contribution in [0.25, 0.3) is 0 Å². The number of anilines is 1. The van der Waals surface area contributed by atoms with Crippen LogP contribution in [0.4, 0.5) is 5.69 Å². The van der Waals surface area contributed by atoms with E-state index in [1.54, 1.807) is 25.1 Å². The molecule has 0 saturated heterocycles. The van der Waals surface area contributed by atoms with Gasteiger partial charge in [0.15, 0.2) is 5.78 Å². The van der Waals surface area contributed by atoms with Gasteiger partial charge in [-0.2, -0.15) is 0 Å². The largest absolute Gasteiger partial charge is 0.466 e. The topological polar surface area (TPSA) is 68.5 Å². The summed E-state index contributed by atoms with van der Waals surface area (Å²) in [5, 5.41) is 2.85. The van der Waals surface area contributed by atoms with E-state index in [9.17, 15) is 9.59 Å². The zero-order chi connectivity index (χ0) is 20.1. The van der Waals surface area contributed by atoms with Gasteiger partial charge in [-0.05, 0) is 68.8 Å². The first-order valence-electron chi connectivity index (χ1n) is 9.15. The smallest absolute Gasteiger partial charge is 0.224 e. The van der Waals surface area contributed by atoms with Gasteiger partial charge in [0.2, 0.25) is 5.91 Å². The van der Waals surface area contributed by atoms with Crippen LogP contribution in [0.3, 0.4) is 0 Å². The number of amides is 1. The standard InChI is InChI=1S/C23H23NO4/c1-15-5-4-6-20(13-15)28-19-9-7-18(8-10-19)24-23(26)12-11-21-14-22(16(2)25)17(3)27-21/h4-10,13-14H,11-12H2,1-3H3,(H,24,26). The summed E-state index contributed by atoms with van der Waals surface area (Å²) in [6, 6.07) is 16.7. The Morgan fingerprint density at radius 1 is 1.00 bits per heavy atom. The Morgan fingerprint density at radius 2 is 1.75 bits per heavy atom. The maximum atomic E-state index is 12.2. The number of carbonyl (C=O) groups excluding carboxylic acids is 2. The number of ether oxygens (including phenoxy) is 1. The first-order valence-corrected chi connectivity index (χ1v) is 9.15. The van der Waals surface area contributed by atoms with E-state index in [4.69, 9.17) is 9.15 Å². The molecular formula is C23H23NO4. The van der Waals surface area contributed by atoms with Gasteiger partial charge in [0.25, 0.3) is 0 Å². The molecule has 5 nitrogen and oxygen atoms in total. The number of nitrogens with one attached hydrogen (secondary N) is 1. The Labute approximate surface area is 164 Å². The molecule has 3 aromatic rings. The number of hydrogen-bond acceptors (Lipinski definition) is 4. The van der Waals surface area contributed by atoms with Crippen LogP contribution < -0.4 is 10.1 Å². The highest BCUT2D eigenvalue weighted by atomic mass is 16.5. The van der Waals surface area contributed by atoms with Gasteiger partial charge < -0.3 is 14.5 Å². The molecule has 0 spiro atoms. The fourth-order valence-electron chi connectivity index (χ4n) is 2.90. The maximum Gasteiger partial charge on any atom is 0.224 e. The highest BCUT2D eigenvalue weighted by molar-refractivity contribution is 5.95. The molecule has 0 radical (unpaired) electrons. The number of rotatable bonds is 7. The lowest BCUT2D eigenvalue weighted by Crippen LogP contribution is -2.12. The summed E-state index contributed by atoms with van der Waals surface area (Å²) in [4.78, 5) is 23.6. The number of carbonyl (C=O) groups is 2. The summed E-state index contributed by atoms with van der Waals surface area (Å²) in [5.74, 6) is 2.55. The van der Waals surface area contributed by atoms with Crippen molar-refractivity contribution in [3.63, 3.8) is 0 Å². The lowest BCUT2D eigenvalue weighted by molar-refractivity contribution is -0.116. The van der Waals surface area contributed by atoms with Gasteiger partial charge in [-0.25, -0.2) is 0 Å². The van der Waals surface area contributed by atoms with Crippen molar-refractivity contribution in [3.8, 4) is 11.5 Å². The maximum absolute atomic E-state index is 12.2. The van der Waals surface area contributed by atoms with E-state index in [0.29, 0.717) is 34.9 Å². The highest BCUT2D eigenvalue weighted by Crippen LogP contribution is 2.24. The van der Waals surface area contributed by atoms with Gasteiger partial charge in [-0.1, -0.05) is 12.1 Å². The molecular weight excluding hydrogens is 354 g/mol. The normalized spacial score (nSPS) is 10.5. The van der Waals surface area contributed by atoms with E-state index in [2.05, 4.69) is 5.32 Å². The van der Waals surface area contributed by atoms with E-state index in [0.717, 1.165) is 11.3 Å². The molecule has 1 amide bonds. The summed E-state index contributed by atoms with van der Waals surface area (Å²) in [6.45, 7) is 5.26. The second kappa shape index (κ2) is 8.57. The predicted molar refractivity (Wildman–Crippen MR) is 108 cm³/mol. The molecule has 0 aliphatic heterocycles. The third-order valence-corrected chi connectivity index (χ3v) is 4.31. The van der Waals surface area contributed by atoms with Crippen LogP contribution in [0, 0.1) is 13.8 Å². The van der Waals surface area contributed by atoms with Crippen LogP contribution in [0.5, 0.6) is 11.5 Å². The van der Waals surface area contributed by atoms with Gasteiger partial charge in [-0.3, -0.25) is 9.59 Å². The van der Waals surface area contributed by atoms with Crippen LogP contribution in [-0.2, 0) is 11.2 Å². The van der Waals surface area contributed by atoms with E-state index in [1.165, 1.54) is 6.92 Å². The van der Waals surface area contributed by atoms with E-state index in [1.807, 2.05) is 43.3 Å². The molecule has 0 unspecified atom stereocenters. The fourth-order valence-corrected chi connectivity index (χ4v) is 2.90. The SMILES string of the molecule is CC(=O)c1cc(CCC(=O)Nc2ccc(Oc3cccc(C)c3)cc2)oc1C. The molecule has 144 valence electrons. The number of benzene rings is 2. The second-order valence-corrected chi connectivity index (χ2v) is 6.73. The zero-order valence-corrected chi connectivity index (χ0v) is 16.2. The quantitative estimate of drug-likeness (QED) is 0.555. The number of furan rings is 1. The summed E-state index contributed by atoms with van der Waals surface area (Å²) in [5.41, 5.74) is 2.39. The third-order valence-electron chi connectivity index (χ3n) is 4.31. The summed E-state index contributed by atoms with van der Waals surface area (Å²) in [6.07, 6.45) is 0.709. The van der Waals surface area contributed by atoms with Crippen molar-refractivity contribution in [2.75, 3.05) is 5.32 Å². The second-order valence-electron chi connectivity index (χ2n) is 6.73. The minimum atomic E-state index is -0.120. The van der Waals surface area contributed by atoms with Gasteiger partial charge in [0.05, 0.1) is 5.56 Å². The Bertz CT molecular complexity index is 986. The van der Waals surface area contributed by atoms with Crippen LogP contribution in [0.2, 0.25) is 0 Å². The molecule has 0 atom stereocenters. The molecule has 1 aromatic heterocycles. The van der Waals surface area contributed by atoms with Crippen molar-refractivity contribution in [1.82, 2.24) is 0 Å². The molecule has 0 aliphatic rings. The molecule has 2 aromatic carbocycles. The molecule has 1 heterocycles. The van der Waals surface area contributed by atoms with Crippen molar-refractivity contribution in [2.45, 2.75) is 33.6 Å². The Hall–Kier alpha value is -3.34. The number of aryl methyl sites for hydroxylation is 3. The minimum Gasteiger partial charge on any atom is -0.466 e. The van der Waals surface area contributed by atoms with E-state index < -0.39 is 0 Å². The van der Waals surface area contributed by atoms with E-state index >= 15 is 0 Å². The monoisotopic (exact) mass is 377 g/mol. The molecule has 0 saturated carbocycles. The van der Waals surface area contributed by atoms with Crippen molar-refractivity contribution < 1.29 is 18.7 Å². The van der Waals surface area contributed by atoms with Crippen LogP contribution in [0.1, 0.15) is 40.8 Å². The molecule has 3 rings (SSSR count). The van der Waals surface area contributed by atoms with Gasteiger partial charge in [0.1, 0.15) is 23.0 Å². The van der Waals surface area contributed by atoms with Crippen molar-refractivity contribution in [2.24, 2.45) is 0 Å². The highest BCUT2D eigenvalue weighted by Gasteiger charge is 2.12. The fraction of sp³-hybridized carbons (Fsp3) is 0.217. The number of Topliss-reactive ketones (excluding diaryl/α,β-unsaturated/α-hetero) is 1. The summed E-state index contributed by atoms with van der Waals surface area (Å²) < 4.78 is 11.3. The van der Waals surface area contributed by atoms with Crippen LogP contribution in [0.15, 0.2) is 59.0 Å². The Kier molecular flexibility index (Phi) is 5.94. The molecule has 0 aliphatic carbocycles. The van der Waals surface area contributed by atoms with Gasteiger partial charge in [-0.15, -0.1) is 0 Å². The van der Waals surface area contributed by atoms with Gasteiger partial charge in [0, 0.05) is 18.5 Å². The van der Waals surface area contributed by atoms with Gasteiger partial charge >= 0.3 is 0 Å². The first-order chi connectivity index (χ1) is 13.4. The first kappa shape index (κ1) is 19.4. The summed E-state index contributed by atoms with van der Waals surface area (Å²) >= 11 is 0. The average molecular weight is 377 g/mol. The van der Waals surface area contributed by atoms with Crippen molar-refractivity contribution in [1.29, 1.82) is 0 Å². The molecule has 1 N–H and O–H groups in total. The van der Waals surface area contributed by atoms with Crippen LogP contribution in [-0.4, -0.2) is 11.7 Å². The van der Waals surface area contributed by atoms with Crippen molar-refractivity contribution >= 4 is 17.4 Å². The number of ketones is 1. The third kappa shape index (κ3) is 5.10. The minimum absolute atomic E-state index is 0.0371. The van der Waals surface area contributed by atoms with Crippen LogP contribution >= 0.6 is 0 Å². The molecule has 0 bridgehead atoms. The van der Waals surface area contributed by atoms with Crippen molar-refractivity contribution in [3.05, 3.63) is 77.2 Å². The average Bonchev–Trinajstić information content (AvgIpc) is 3.03. The number of hydrogen-bond donors (Lipinski definition) is 1. The molecule has 0 fully saturated rings. The lowest BCUT2D eigenvalue weighted by atomic mass is 10.1. The molecule has 28 heavy (non-hydrogen) atoms. The Balaban J connectivity index is 1.53.